The third-order valence-electron chi connectivity index (χ3n) is 2.22. The van der Waals surface area contributed by atoms with Gasteiger partial charge in [-0.15, -0.1) is 0 Å². The minimum Gasteiger partial charge on any atom is -0.326 e. The summed E-state index contributed by atoms with van der Waals surface area (Å²) in [6.45, 7) is 7.20. The fourth-order valence-electron chi connectivity index (χ4n) is 1.75. The van der Waals surface area contributed by atoms with Gasteiger partial charge in [-0.1, -0.05) is 32.1 Å². The number of nitrogens with zero attached hydrogens (tertiary/aromatic N) is 2. The van der Waals surface area contributed by atoms with Gasteiger partial charge in [-0.05, 0) is 0 Å². The standard InChI is InChI=1S/C10H15N3S/c1-10(2,3)8-7(6-11)14-9-12-4-5-13(8)9/h4-5H,6,11H2,1-3H3. The quantitative estimate of drug-likeness (QED) is 0.782. The number of fused-ring (bicyclic) bond motifs is 1. The number of aromatic nitrogens is 2. The Kier molecular flexibility index (Phi) is 2.12. The van der Waals surface area contributed by atoms with Crippen LogP contribution in [0.25, 0.3) is 4.96 Å². The molecule has 2 heterocycles. The zero-order valence-electron chi connectivity index (χ0n) is 8.74. The monoisotopic (exact) mass is 209 g/mol. The second-order valence-electron chi connectivity index (χ2n) is 4.41. The average Bonchev–Trinajstić information content (AvgIpc) is 2.57. The van der Waals surface area contributed by atoms with E-state index in [2.05, 4.69) is 30.2 Å². The van der Waals surface area contributed by atoms with Crippen LogP contribution in [-0.4, -0.2) is 9.38 Å². The van der Waals surface area contributed by atoms with Crippen LogP contribution in [-0.2, 0) is 12.0 Å². The van der Waals surface area contributed by atoms with Crippen molar-refractivity contribution in [3.63, 3.8) is 0 Å². The van der Waals surface area contributed by atoms with Gasteiger partial charge in [-0.2, -0.15) is 0 Å². The van der Waals surface area contributed by atoms with Crippen LogP contribution in [0, 0.1) is 0 Å². The average molecular weight is 209 g/mol. The smallest absolute Gasteiger partial charge is 0.194 e. The Labute approximate surface area is 87.6 Å². The summed E-state index contributed by atoms with van der Waals surface area (Å²) in [5.41, 5.74) is 7.15. The van der Waals surface area contributed by atoms with Crippen molar-refractivity contribution in [2.45, 2.75) is 32.7 Å². The van der Waals surface area contributed by atoms with Crippen LogP contribution in [0.1, 0.15) is 31.3 Å². The van der Waals surface area contributed by atoms with Crippen molar-refractivity contribution in [1.82, 2.24) is 9.38 Å². The molecule has 0 bridgehead atoms. The van der Waals surface area contributed by atoms with Gasteiger partial charge in [0.2, 0.25) is 0 Å². The molecule has 0 aliphatic rings. The molecule has 2 aromatic heterocycles. The molecule has 0 aliphatic heterocycles. The minimum absolute atomic E-state index is 0.119. The van der Waals surface area contributed by atoms with E-state index in [9.17, 15) is 0 Å². The number of rotatable bonds is 1. The lowest BCUT2D eigenvalue weighted by Gasteiger charge is -2.19. The molecule has 14 heavy (non-hydrogen) atoms. The molecule has 0 unspecified atom stereocenters. The van der Waals surface area contributed by atoms with E-state index in [0.717, 1.165) is 4.96 Å². The first-order valence-electron chi connectivity index (χ1n) is 4.69. The number of thiazole rings is 1. The second kappa shape index (κ2) is 3.07. The van der Waals surface area contributed by atoms with E-state index in [0.29, 0.717) is 6.54 Å². The lowest BCUT2D eigenvalue weighted by molar-refractivity contribution is 0.558. The predicted molar refractivity (Wildman–Crippen MR) is 59.7 cm³/mol. The van der Waals surface area contributed by atoms with E-state index >= 15 is 0 Å². The maximum Gasteiger partial charge on any atom is 0.194 e. The van der Waals surface area contributed by atoms with E-state index in [-0.39, 0.29) is 5.41 Å². The maximum absolute atomic E-state index is 5.74. The first-order chi connectivity index (χ1) is 6.54. The van der Waals surface area contributed by atoms with Crippen LogP contribution in [0.15, 0.2) is 12.4 Å². The normalized spacial score (nSPS) is 12.6. The van der Waals surface area contributed by atoms with Gasteiger partial charge in [0.05, 0.1) is 0 Å². The Morgan fingerprint density at radius 2 is 2.21 bits per heavy atom. The lowest BCUT2D eigenvalue weighted by atomic mass is 9.91. The highest BCUT2D eigenvalue weighted by molar-refractivity contribution is 7.17. The first kappa shape index (κ1) is 9.68. The van der Waals surface area contributed by atoms with E-state index in [1.165, 1.54) is 10.6 Å². The van der Waals surface area contributed by atoms with Gasteiger partial charge >= 0.3 is 0 Å². The number of nitrogens with two attached hydrogens (primary N) is 1. The molecular formula is C10H15N3S. The number of hydrogen-bond donors (Lipinski definition) is 1. The van der Waals surface area contributed by atoms with E-state index in [1.54, 1.807) is 11.3 Å². The van der Waals surface area contributed by atoms with E-state index < -0.39 is 0 Å². The molecule has 0 aliphatic carbocycles. The molecule has 2 aromatic rings. The number of imidazole rings is 1. The van der Waals surface area contributed by atoms with Crippen molar-refractivity contribution >= 4 is 16.3 Å². The zero-order valence-corrected chi connectivity index (χ0v) is 9.56. The SMILES string of the molecule is CC(C)(C)c1c(CN)sc2nccn12. The van der Waals surface area contributed by atoms with Crippen LogP contribution in [0.3, 0.4) is 0 Å². The van der Waals surface area contributed by atoms with Crippen molar-refractivity contribution in [3.05, 3.63) is 23.0 Å². The predicted octanol–water partition coefficient (Wildman–Crippen LogP) is 2.15. The molecule has 2 N–H and O–H groups in total. The summed E-state index contributed by atoms with van der Waals surface area (Å²) in [6, 6.07) is 0. The van der Waals surface area contributed by atoms with Crippen molar-refractivity contribution in [1.29, 1.82) is 0 Å². The Balaban J connectivity index is 2.74. The topological polar surface area (TPSA) is 43.3 Å². The molecule has 0 saturated carbocycles. The third kappa shape index (κ3) is 1.35. The molecule has 0 aromatic carbocycles. The first-order valence-corrected chi connectivity index (χ1v) is 5.51. The highest BCUT2D eigenvalue weighted by Gasteiger charge is 2.23. The van der Waals surface area contributed by atoms with Gasteiger partial charge in [0.25, 0.3) is 0 Å². The third-order valence-corrected chi connectivity index (χ3v) is 3.31. The molecule has 0 spiro atoms. The minimum atomic E-state index is 0.119. The zero-order chi connectivity index (χ0) is 10.3. The Bertz CT molecular complexity index is 447. The summed E-state index contributed by atoms with van der Waals surface area (Å²) < 4.78 is 2.15. The van der Waals surface area contributed by atoms with E-state index in [4.69, 9.17) is 5.73 Å². The molecule has 0 atom stereocenters. The molecule has 0 saturated heterocycles. The molecule has 3 nitrogen and oxygen atoms in total. The molecule has 4 heteroatoms. The largest absolute Gasteiger partial charge is 0.326 e. The van der Waals surface area contributed by atoms with Crippen LogP contribution in [0.4, 0.5) is 0 Å². The van der Waals surface area contributed by atoms with E-state index in [1.807, 2.05) is 12.4 Å². The molecule has 2 rings (SSSR count). The molecule has 0 fully saturated rings. The van der Waals surface area contributed by atoms with Gasteiger partial charge in [0.1, 0.15) is 0 Å². The van der Waals surface area contributed by atoms with Crippen LogP contribution in [0.5, 0.6) is 0 Å². The molecule has 76 valence electrons. The summed E-state index contributed by atoms with van der Waals surface area (Å²) in [6.07, 6.45) is 3.84. The summed E-state index contributed by atoms with van der Waals surface area (Å²) in [5.74, 6) is 0. The summed E-state index contributed by atoms with van der Waals surface area (Å²) in [5, 5.41) is 0. The van der Waals surface area contributed by atoms with Gasteiger partial charge in [0.15, 0.2) is 4.96 Å². The van der Waals surface area contributed by atoms with Crippen molar-refractivity contribution < 1.29 is 0 Å². The highest BCUT2D eigenvalue weighted by Crippen LogP contribution is 2.31. The maximum atomic E-state index is 5.74. The van der Waals surface area contributed by atoms with Gasteiger partial charge in [-0.3, -0.25) is 4.40 Å². The van der Waals surface area contributed by atoms with Gasteiger partial charge < -0.3 is 5.73 Å². The Morgan fingerprint density at radius 3 is 2.79 bits per heavy atom. The van der Waals surface area contributed by atoms with Crippen molar-refractivity contribution in [2.24, 2.45) is 5.73 Å². The highest BCUT2D eigenvalue weighted by atomic mass is 32.1. The fourth-order valence-corrected chi connectivity index (χ4v) is 2.92. The van der Waals surface area contributed by atoms with Crippen LogP contribution >= 0.6 is 11.3 Å². The second-order valence-corrected chi connectivity index (χ2v) is 5.47. The summed E-state index contributed by atoms with van der Waals surface area (Å²) in [7, 11) is 0. The van der Waals surface area contributed by atoms with Crippen LogP contribution < -0.4 is 5.73 Å². The van der Waals surface area contributed by atoms with Crippen LogP contribution in [0.2, 0.25) is 0 Å². The number of hydrogen-bond acceptors (Lipinski definition) is 3. The summed E-state index contributed by atoms with van der Waals surface area (Å²) in [4.78, 5) is 6.56. The Hall–Kier alpha value is -0.870. The van der Waals surface area contributed by atoms with Gasteiger partial charge in [0, 0.05) is 34.9 Å². The summed E-state index contributed by atoms with van der Waals surface area (Å²) >= 11 is 1.68. The molecule has 0 amide bonds. The molecular weight excluding hydrogens is 194 g/mol. The Morgan fingerprint density at radius 1 is 1.50 bits per heavy atom. The van der Waals surface area contributed by atoms with Crippen molar-refractivity contribution in [3.8, 4) is 0 Å². The fraction of sp³-hybridized carbons (Fsp3) is 0.500. The van der Waals surface area contributed by atoms with Crippen molar-refractivity contribution in [2.75, 3.05) is 0 Å². The molecule has 0 radical (unpaired) electrons. The lowest BCUT2D eigenvalue weighted by Crippen LogP contribution is -2.17. The van der Waals surface area contributed by atoms with Gasteiger partial charge in [-0.25, -0.2) is 4.98 Å².